The quantitative estimate of drug-likeness (QED) is 0.474. The molecule has 1 saturated heterocycles. The third-order valence-electron chi connectivity index (χ3n) is 1.22. The first-order valence-electron chi connectivity index (χ1n) is 3.00. The van der Waals surface area contributed by atoms with Crippen LogP contribution in [-0.2, 0) is 19.1 Å². The van der Waals surface area contributed by atoms with Crippen molar-refractivity contribution in [3.8, 4) is 0 Å². The van der Waals surface area contributed by atoms with Crippen LogP contribution in [0.15, 0.2) is 0 Å². The van der Waals surface area contributed by atoms with E-state index >= 15 is 0 Å². The van der Waals surface area contributed by atoms with E-state index in [1.54, 1.807) is 0 Å². The van der Waals surface area contributed by atoms with Crippen molar-refractivity contribution in [3.05, 3.63) is 0 Å². The Balaban J connectivity index is 2.38. The van der Waals surface area contributed by atoms with Gasteiger partial charge in [0.2, 0.25) is 0 Å². The van der Waals surface area contributed by atoms with Gasteiger partial charge in [0.25, 0.3) is 0 Å². The van der Waals surface area contributed by atoms with Gasteiger partial charge in [0.05, 0.1) is 13.2 Å². The summed E-state index contributed by atoms with van der Waals surface area (Å²) in [6.07, 6.45) is 0.138. The molecule has 0 aromatic rings. The number of ether oxygens (including phenoxy) is 2. The fraction of sp³-hybridized carbons (Fsp3) is 0.667. The Morgan fingerprint density at radius 1 is 1.10 bits per heavy atom. The molecule has 4 nitrogen and oxygen atoms in total. The van der Waals surface area contributed by atoms with Crippen molar-refractivity contribution in [1.82, 2.24) is 0 Å². The number of hydrogen-bond donors (Lipinski definition) is 0. The Bertz CT molecular complexity index is 120. The highest BCUT2D eigenvalue weighted by molar-refractivity contribution is 5.60. The van der Waals surface area contributed by atoms with E-state index in [4.69, 9.17) is 9.47 Å². The molecular formula is C6H8O4. The smallest absolute Gasteiger partial charge is 0.151 e. The van der Waals surface area contributed by atoms with Gasteiger partial charge in [-0.3, -0.25) is 0 Å². The van der Waals surface area contributed by atoms with E-state index in [2.05, 4.69) is 0 Å². The molecule has 1 aliphatic rings. The summed E-state index contributed by atoms with van der Waals surface area (Å²) >= 11 is 0. The molecule has 2 atom stereocenters. The molecule has 2 unspecified atom stereocenters. The Kier molecular flexibility index (Phi) is 2.53. The highest BCUT2D eigenvalue weighted by Crippen LogP contribution is 2.03. The molecule has 10 heavy (non-hydrogen) atoms. The van der Waals surface area contributed by atoms with Crippen LogP contribution in [0, 0.1) is 0 Å². The first-order chi connectivity index (χ1) is 4.86. The molecule has 0 aliphatic carbocycles. The number of aldehydes is 2. The summed E-state index contributed by atoms with van der Waals surface area (Å²) in [4.78, 5) is 20.2. The van der Waals surface area contributed by atoms with Crippen LogP contribution in [0.3, 0.4) is 0 Å². The lowest BCUT2D eigenvalue weighted by Gasteiger charge is -2.22. The van der Waals surface area contributed by atoms with Gasteiger partial charge in [0, 0.05) is 0 Å². The Labute approximate surface area is 58.1 Å². The van der Waals surface area contributed by atoms with E-state index in [0.717, 1.165) is 0 Å². The van der Waals surface area contributed by atoms with Crippen molar-refractivity contribution >= 4 is 12.6 Å². The maximum atomic E-state index is 10.1. The van der Waals surface area contributed by atoms with Crippen LogP contribution in [0.1, 0.15) is 0 Å². The molecule has 0 N–H and O–H groups in total. The standard InChI is InChI=1S/C6H8O4/c7-1-5-3-9-4-6(2-8)10-5/h1-2,5-6H,3-4H2. The van der Waals surface area contributed by atoms with E-state index in [1.165, 1.54) is 0 Å². The predicted molar refractivity (Wildman–Crippen MR) is 31.6 cm³/mol. The van der Waals surface area contributed by atoms with Crippen molar-refractivity contribution in [2.24, 2.45) is 0 Å². The van der Waals surface area contributed by atoms with Gasteiger partial charge in [-0.15, -0.1) is 0 Å². The lowest BCUT2D eigenvalue weighted by Crippen LogP contribution is -2.37. The minimum absolute atomic E-state index is 0.258. The lowest BCUT2D eigenvalue weighted by atomic mass is 10.3. The van der Waals surface area contributed by atoms with Crippen molar-refractivity contribution in [3.63, 3.8) is 0 Å². The predicted octanol–water partition coefficient (Wildman–Crippen LogP) is -0.832. The molecule has 1 rings (SSSR count). The summed E-state index contributed by atoms with van der Waals surface area (Å²) in [5.41, 5.74) is 0. The zero-order valence-electron chi connectivity index (χ0n) is 5.36. The Hall–Kier alpha value is -0.740. The Morgan fingerprint density at radius 3 is 2.00 bits per heavy atom. The minimum atomic E-state index is -0.566. The Morgan fingerprint density at radius 2 is 1.60 bits per heavy atom. The molecule has 56 valence electrons. The topological polar surface area (TPSA) is 52.6 Å². The number of rotatable bonds is 2. The second-order valence-corrected chi connectivity index (χ2v) is 2.02. The molecule has 1 aliphatic heterocycles. The first-order valence-corrected chi connectivity index (χ1v) is 3.00. The SMILES string of the molecule is O=CC1COCC(C=O)O1. The van der Waals surface area contributed by atoms with Crippen LogP contribution in [0.4, 0.5) is 0 Å². The third-order valence-corrected chi connectivity index (χ3v) is 1.22. The molecule has 0 bridgehead atoms. The van der Waals surface area contributed by atoms with Gasteiger partial charge in [0.1, 0.15) is 12.2 Å². The first kappa shape index (κ1) is 7.37. The average molecular weight is 144 g/mol. The third kappa shape index (κ3) is 1.62. The monoisotopic (exact) mass is 144 g/mol. The van der Waals surface area contributed by atoms with Crippen LogP contribution in [0.5, 0.6) is 0 Å². The molecular weight excluding hydrogens is 136 g/mol. The zero-order valence-corrected chi connectivity index (χ0v) is 5.36. The summed E-state index contributed by atoms with van der Waals surface area (Å²) in [7, 11) is 0. The van der Waals surface area contributed by atoms with Crippen LogP contribution in [-0.4, -0.2) is 38.0 Å². The molecule has 0 amide bonds. The van der Waals surface area contributed by atoms with Gasteiger partial charge in [0.15, 0.2) is 12.6 Å². The molecule has 0 radical (unpaired) electrons. The van der Waals surface area contributed by atoms with Crippen LogP contribution in [0.25, 0.3) is 0 Å². The van der Waals surface area contributed by atoms with Gasteiger partial charge in [-0.2, -0.15) is 0 Å². The van der Waals surface area contributed by atoms with E-state index in [0.29, 0.717) is 12.6 Å². The number of carbonyl (C=O) groups excluding carboxylic acids is 2. The van der Waals surface area contributed by atoms with Crippen molar-refractivity contribution in [2.75, 3.05) is 13.2 Å². The van der Waals surface area contributed by atoms with Crippen molar-refractivity contribution in [1.29, 1.82) is 0 Å². The molecule has 0 saturated carbocycles. The maximum Gasteiger partial charge on any atom is 0.151 e. The largest absolute Gasteiger partial charge is 0.375 e. The maximum absolute atomic E-state index is 10.1. The summed E-state index contributed by atoms with van der Waals surface area (Å²) < 4.78 is 9.81. The van der Waals surface area contributed by atoms with Crippen LogP contribution >= 0.6 is 0 Å². The van der Waals surface area contributed by atoms with Gasteiger partial charge in [-0.1, -0.05) is 0 Å². The highest BCUT2D eigenvalue weighted by atomic mass is 16.6. The second-order valence-electron chi connectivity index (χ2n) is 2.02. The van der Waals surface area contributed by atoms with Crippen LogP contribution in [0.2, 0.25) is 0 Å². The lowest BCUT2D eigenvalue weighted by molar-refractivity contribution is -0.156. The molecule has 4 heteroatoms. The van der Waals surface area contributed by atoms with Crippen molar-refractivity contribution in [2.45, 2.75) is 12.2 Å². The van der Waals surface area contributed by atoms with E-state index in [1.807, 2.05) is 0 Å². The van der Waals surface area contributed by atoms with E-state index in [9.17, 15) is 9.59 Å². The van der Waals surface area contributed by atoms with E-state index in [-0.39, 0.29) is 13.2 Å². The van der Waals surface area contributed by atoms with E-state index < -0.39 is 12.2 Å². The summed E-state index contributed by atoms with van der Waals surface area (Å²) in [6, 6.07) is 0. The minimum Gasteiger partial charge on any atom is -0.375 e. The van der Waals surface area contributed by atoms with Gasteiger partial charge >= 0.3 is 0 Å². The summed E-state index contributed by atoms with van der Waals surface area (Å²) in [5.74, 6) is 0. The van der Waals surface area contributed by atoms with Gasteiger partial charge in [-0.05, 0) is 0 Å². The second kappa shape index (κ2) is 3.43. The molecule has 0 spiro atoms. The average Bonchev–Trinajstić information content (AvgIpc) is 2.05. The zero-order chi connectivity index (χ0) is 7.40. The van der Waals surface area contributed by atoms with Crippen LogP contribution < -0.4 is 0 Å². The number of carbonyl (C=O) groups is 2. The normalized spacial score (nSPS) is 33.2. The molecule has 1 heterocycles. The highest BCUT2D eigenvalue weighted by Gasteiger charge is 2.21. The number of hydrogen-bond acceptors (Lipinski definition) is 4. The van der Waals surface area contributed by atoms with Gasteiger partial charge < -0.3 is 19.1 Å². The fourth-order valence-electron chi connectivity index (χ4n) is 0.746. The summed E-state index contributed by atoms with van der Waals surface area (Å²) in [5, 5.41) is 0. The summed E-state index contributed by atoms with van der Waals surface area (Å²) in [6.45, 7) is 0.516. The molecule has 0 aromatic heterocycles. The van der Waals surface area contributed by atoms with Gasteiger partial charge in [-0.25, -0.2) is 0 Å². The molecule has 0 aromatic carbocycles. The van der Waals surface area contributed by atoms with Crippen molar-refractivity contribution < 1.29 is 19.1 Å². The molecule has 1 fully saturated rings. The fourth-order valence-corrected chi connectivity index (χ4v) is 0.746.